The summed E-state index contributed by atoms with van der Waals surface area (Å²) < 4.78 is 5.89. The Balaban J connectivity index is 1.52. The van der Waals surface area contributed by atoms with Gasteiger partial charge in [-0.25, -0.2) is 9.97 Å². The van der Waals surface area contributed by atoms with Gasteiger partial charge < -0.3 is 20.4 Å². The van der Waals surface area contributed by atoms with Crippen LogP contribution in [0.1, 0.15) is 34.8 Å². The van der Waals surface area contributed by atoms with Crippen molar-refractivity contribution < 1.29 is 4.74 Å². The molecule has 0 saturated heterocycles. The molecule has 172 valence electrons. The number of fused-ring (bicyclic) bond motifs is 8. The van der Waals surface area contributed by atoms with E-state index in [2.05, 4.69) is 64.6 Å². The normalized spacial score (nSPS) is 12.5. The smallest absolute Gasteiger partial charge is 0.119 e. The number of aromatic nitrogens is 4. The van der Waals surface area contributed by atoms with Crippen LogP contribution in [-0.2, 0) is 0 Å². The van der Waals surface area contributed by atoms with E-state index in [1.165, 1.54) is 0 Å². The molecule has 4 aromatic rings. The van der Waals surface area contributed by atoms with E-state index in [1.54, 1.807) is 0 Å². The van der Waals surface area contributed by atoms with Crippen molar-refractivity contribution in [2.24, 2.45) is 5.73 Å². The summed E-state index contributed by atoms with van der Waals surface area (Å²) in [5, 5.41) is 0. The van der Waals surface area contributed by atoms with Crippen LogP contribution < -0.4 is 10.5 Å². The largest absolute Gasteiger partial charge is 0.494 e. The topological polar surface area (TPSA) is 92.6 Å². The lowest BCUT2D eigenvalue weighted by Gasteiger charge is -2.08. The second-order valence-electron chi connectivity index (χ2n) is 8.61. The predicted octanol–water partition coefficient (Wildman–Crippen LogP) is 5.80. The van der Waals surface area contributed by atoms with Gasteiger partial charge in [-0.1, -0.05) is 12.1 Å². The molecule has 2 aliphatic rings. The fourth-order valence-electron chi connectivity index (χ4n) is 4.27. The van der Waals surface area contributed by atoms with Crippen molar-refractivity contribution in [2.45, 2.75) is 6.42 Å². The fraction of sp³-hybridized carbons (Fsp3) is 0.103. The second kappa shape index (κ2) is 9.08. The molecule has 0 unspecified atom stereocenters. The molecule has 6 heteroatoms. The molecule has 0 atom stereocenters. The van der Waals surface area contributed by atoms with E-state index in [-0.39, 0.29) is 0 Å². The Bertz CT molecular complexity index is 1620. The van der Waals surface area contributed by atoms with Crippen molar-refractivity contribution in [2.75, 3.05) is 13.2 Å². The van der Waals surface area contributed by atoms with Crippen LogP contribution >= 0.6 is 0 Å². The van der Waals surface area contributed by atoms with Crippen LogP contribution in [0.2, 0.25) is 0 Å². The molecule has 5 heterocycles. The molecule has 0 saturated carbocycles. The first-order valence-electron chi connectivity index (χ1n) is 11.7. The van der Waals surface area contributed by atoms with Crippen LogP contribution in [0.5, 0.6) is 5.75 Å². The van der Waals surface area contributed by atoms with E-state index in [9.17, 15) is 0 Å². The number of hydrogen-bond donors (Lipinski definition) is 3. The SMILES string of the molecule is NCCCOc1cccc(C2=Cc3cc4ccc(cc5ccc(cc6nc(cc2n3)C=C6)[nH]5)[nH]4)c1. The van der Waals surface area contributed by atoms with Gasteiger partial charge in [0.15, 0.2) is 0 Å². The van der Waals surface area contributed by atoms with E-state index in [0.29, 0.717) is 13.2 Å². The van der Waals surface area contributed by atoms with E-state index in [1.807, 2.05) is 36.4 Å². The summed E-state index contributed by atoms with van der Waals surface area (Å²) in [7, 11) is 0. The van der Waals surface area contributed by atoms with Gasteiger partial charge in [-0.2, -0.15) is 0 Å². The molecule has 0 fully saturated rings. The molecule has 4 N–H and O–H groups in total. The number of benzene rings is 1. The van der Waals surface area contributed by atoms with Gasteiger partial charge in [0.05, 0.1) is 29.4 Å². The maximum absolute atomic E-state index is 5.89. The molecular weight excluding hydrogens is 434 g/mol. The third-order valence-electron chi connectivity index (χ3n) is 5.93. The second-order valence-corrected chi connectivity index (χ2v) is 8.61. The molecule has 3 aromatic heterocycles. The first kappa shape index (κ1) is 21.1. The van der Waals surface area contributed by atoms with E-state index >= 15 is 0 Å². The molecular formula is C29H25N5O. The van der Waals surface area contributed by atoms with Crippen molar-refractivity contribution in [1.29, 1.82) is 0 Å². The lowest BCUT2D eigenvalue weighted by molar-refractivity contribution is 0.313. The van der Waals surface area contributed by atoms with E-state index in [0.717, 1.165) is 68.1 Å². The highest BCUT2D eigenvalue weighted by molar-refractivity contribution is 5.93. The summed E-state index contributed by atoms with van der Waals surface area (Å²) in [4.78, 5) is 16.6. The van der Waals surface area contributed by atoms with Crippen LogP contribution in [0.15, 0.2) is 72.8 Å². The molecule has 0 aliphatic carbocycles. The number of nitrogens with two attached hydrogens (primary N) is 1. The van der Waals surface area contributed by atoms with Crippen molar-refractivity contribution >= 4 is 45.9 Å². The average Bonchev–Trinajstić information content (AvgIpc) is 3.65. The van der Waals surface area contributed by atoms with Gasteiger partial charge in [0.25, 0.3) is 0 Å². The van der Waals surface area contributed by atoms with Gasteiger partial charge in [-0.3, -0.25) is 0 Å². The zero-order valence-electron chi connectivity index (χ0n) is 19.2. The van der Waals surface area contributed by atoms with Crippen LogP contribution in [0, 0.1) is 0 Å². The highest BCUT2D eigenvalue weighted by Gasteiger charge is 2.14. The van der Waals surface area contributed by atoms with Gasteiger partial charge >= 0.3 is 0 Å². The summed E-state index contributed by atoms with van der Waals surface area (Å²) in [6.45, 7) is 1.21. The first-order chi connectivity index (χ1) is 17.2. The highest BCUT2D eigenvalue weighted by atomic mass is 16.5. The number of rotatable bonds is 5. The van der Waals surface area contributed by atoms with Crippen molar-refractivity contribution in [3.05, 3.63) is 101 Å². The zero-order valence-corrected chi connectivity index (χ0v) is 19.2. The van der Waals surface area contributed by atoms with Gasteiger partial charge in [-0.05, 0) is 97.4 Å². The summed E-state index contributed by atoms with van der Waals surface area (Å²) in [6, 6.07) is 24.6. The Morgan fingerprint density at radius 2 is 1.40 bits per heavy atom. The molecule has 6 rings (SSSR count). The quantitative estimate of drug-likeness (QED) is 0.284. The summed E-state index contributed by atoms with van der Waals surface area (Å²) >= 11 is 0. The Labute approximate surface area is 202 Å². The third kappa shape index (κ3) is 4.65. The monoisotopic (exact) mass is 459 g/mol. The first-order valence-corrected chi connectivity index (χ1v) is 11.7. The minimum Gasteiger partial charge on any atom is -0.494 e. The summed E-state index contributed by atoms with van der Waals surface area (Å²) in [6.07, 6.45) is 6.97. The van der Waals surface area contributed by atoms with Gasteiger partial charge in [0.2, 0.25) is 0 Å². The Morgan fingerprint density at radius 3 is 2.14 bits per heavy atom. The average molecular weight is 460 g/mol. The number of nitrogens with one attached hydrogen (secondary N) is 2. The standard InChI is InChI=1S/C29H25N5O/c30-11-2-12-35-27-4-1-3-19(13-27)28-17-26-16-24-8-7-22(32-24)14-20-5-6-21(31-20)15-23-9-10-25(33-23)18-29(28)34-26/h1,3-10,13-18,31-32H,2,11-12,30H2. The summed E-state index contributed by atoms with van der Waals surface area (Å²) in [5.74, 6) is 0.824. The van der Waals surface area contributed by atoms with Crippen LogP contribution in [0.4, 0.5) is 0 Å². The van der Waals surface area contributed by atoms with Gasteiger partial charge in [-0.15, -0.1) is 0 Å². The van der Waals surface area contributed by atoms with E-state index in [4.69, 9.17) is 20.4 Å². The van der Waals surface area contributed by atoms with Crippen molar-refractivity contribution in [3.63, 3.8) is 0 Å². The number of ether oxygens (including phenoxy) is 1. The molecule has 0 amide bonds. The highest BCUT2D eigenvalue weighted by Crippen LogP contribution is 2.31. The van der Waals surface area contributed by atoms with Crippen molar-refractivity contribution in [1.82, 2.24) is 19.9 Å². The number of H-pyrrole nitrogens is 2. The minimum absolute atomic E-state index is 0.600. The fourth-order valence-corrected chi connectivity index (χ4v) is 4.27. The van der Waals surface area contributed by atoms with Crippen LogP contribution in [-0.4, -0.2) is 33.1 Å². The van der Waals surface area contributed by atoms with Crippen LogP contribution in [0.3, 0.4) is 0 Å². The Morgan fingerprint density at radius 1 is 0.714 bits per heavy atom. The van der Waals surface area contributed by atoms with Gasteiger partial charge in [0, 0.05) is 27.6 Å². The molecule has 0 spiro atoms. The molecule has 2 aliphatic heterocycles. The molecule has 35 heavy (non-hydrogen) atoms. The van der Waals surface area contributed by atoms with Crippen LogP contribution in [0.25, 0.3) is 45.9 Å². The maximum Gasteiger partial charge on any atom is 0.119 e. The molecule has 8 bridgehead atoms. The minimum atomic E-state index is 0.600. The maximum atomic E-state index is 5.89. The zero-order chi connectivity index (χ0) is 23.6. The lowest BCUT2D eigenvalue weighted by atomic mass is 10.0. The lowest BCUT2D eigenvalue weighted by Crippen LogP contribution is -2.06. The number of hydrogen-bond acceptors (Lipinski definition) is 4. The Kier molecular flexibility index (Phi) is 5.48. The van der Waals surface area contributed by atoms with Gasteiger partial charge in [0.1, 0.15) is 5.75 Å². The molecule has 6 nitrogen and oxygen atoms in total. The number of aromatic amines is 2. The van der Waals surface area contributed by atoms with Crippen molar-refractivity contribution in [3.8, 4) is 5.75 Å². The van der Waals surface area contributed by atoms with E-state index < -0.39 is 0 Å². The molecule has 0 radical (unpaired) electrons. The predicted molar refractivity (Wildman–Crippen MR) is 143 cm³/mol. The number of nitrogens with zero attached hydrogens (tertiary/aromatic N) is 2. The molecule has 1 aromatic carbocycles. The summed E-state index contributed by atoms with van der Waals surface area (Å²) in [5.41, 5.74) is 15.2. The Hall–Kier alpha value is -4.42. The third-order valence-corrected chi connectivity index (χ3v) is 5.93.